The summed E-state index contributed by atoms with van der Waals surface area (Å²) < 4.78 is 4.35. The average Bonchev–Trinajstić information content (AvgIpc) is 1.37. The fourth-order valence-corrected chi connectivity index (χ4v) is 0. The Morgan fingerprint density at radius 1 is 1.80 bits per heavy atom. The summed E-state index contributed by atoms with van der Waals surface area (Å²) in [6, 6.07) is 0. The Labute approximate surface area is 56.7 Å². The molecular weight excluding hydrogens is 144 g/mol. The Balaban J connectivity index is 0. The topological polar surface area (TPSA) is 9.23 Å². The molecule has 0 rings (SSSR count). The Bertz CT molecular complexity index is 11.6. The van der Waals surface area contributed by atoms with Crippen LogP contribution in [0.1, 0.15) is 6.92 Å². The Hall–Kier alpha value is 1.21. The standard InChI is InChI=1S/C2H5BrO.Mg/c1-2-4-3;/h2H2,1H3;/q;+2. The quantitative estimate of drug-likeness (QED) is 0.504. The van der Waals surface area contributed by atoms with Crippen LogP contribution in [0.5, 0.6) is 0 Å². The monoisotopic (exact) mass is 148 g/mol. The molecule has 26 valence electrons. The van der Waals surface area contributed by atoms with E-state index in [0.29, 0.717) is 0 Å². The summed E-state index contributed by atoms with van der Waals surface area (Å²) in [5.41, 5.74) is 0. The largest absolute Gasteiger partial charge is 2.00 e. The van der Waals surface area contributed by atoms with E-state index in [1.165, 1.54) is 0 Å². The molecule has 0 unspecified atom stereocenters. The van der Waals surface area contributed by atoms with Crippen molar-refractivity contribution in [1.29, 1.82) is 0 Å². The van der Waals surface area contributed by atoms with E-state index in [4.69, 9.17) is 0 Å². The van der Waals surface area contributed by atoms with Crippen LogP contribution in [-0.4, -0.2) is 29.7 Å². The number of rotatable bonds is 1. The minimum Gasteiger partial charge on any atom is -0.308 e. The van der Waals surface area contributed by atoms with Gasteiger partial charge in [-0.05, 0) is 6.92 Å². The van der Waals surface area contributed by atoms with Gasteiger partial charge in [-0.3, -0.25) is 0 Å². The number of hydrogen-bond donors (Lipinski definition) is 0. The fourth-order valence-electron chi connectivity index (χ4n) is 0. The molecular formula is C2H5BrMgO+2. The normalized spacial score (nSPS) is 6.00. The molecule has 0 aliphatic heterocycles. The van der Waals surface area contributed by atoms with Crippen LogP contribution in [0.2, 0.25) is 0 Å². The van der Waals surface area contributed by atoms with Crippen LogP contribution in [0.3, 0.4) is 0 Å². The predicted molar refractivity (Wildman–Crippen MR) is 26.3 cm³/mol. The van der Waals surface area contributed by atoms with Crippen molar-refractivity contribution in [3.63, 3.8) is 0 Å². The molecule has 3 heteroatoms. The number of halogens is 1. The van der Waals surface area contributed by atoms with Gasteiger partial charge in [0.25, 0.3) is 0 Å². The van der Waals surface area contributed by atoms with Gasteiger partial charge in [-0.25, -0.2) is 0 Å². The predicted octanol–water partition coefficient (Wildman–Crippen LogP) is 0.952. The number of hydrogen-bond acceptors (Lipinski definition) is 1. The van der Waals surface area contributed by atoms with Crippen LogP contribution in [0.25, 0.3) is 0 Å². The van der Waals surface area contributed by atoms with Crippen molar-refractivity contribution in [2.24, 2.45) is 0 Å². The zero-order chi connectivity index (χ0) is 3.41. The van der Waals surface area contributed by atoms with Gasteiger partial charge in [-0.1, -0.05) is 0 Å². The maximum atomic E-state index is 4.35. The van der Waals surface area contributed by atoms with Gasteiger partial charge in [-0.2, -0.15) is 0 Å². The molecule has 0 fully saturated rings. The van der Waals surface area contributed by atoms with Gasteiger partial charge in [0.15, 0.2) is 0 Å². The minimum atomic E-state index is 0. The van der Waals surface area contributed by atoms with Crippen molar-refractivity contribution in [2.45, 2.75) is 6.92 Å². The van der Waals surface area contributed by atoms with Crippen molar-refractivity contribution in [1.82, 2.24) is 0 Å². The van der Waals surface area contributed by atoms with Crippen LogP contribution in [0.4, 0.5) is 0 Å². The molecule has 1 nitrogen and oxygen atoms in total. The van der Waals surface area contributed by atoms with E-state index < -0.39 is 0 Å². The third-order valence-corrected chi connectivity index (χ3v) is 0.567. The van der Waals surface area contributed by atoms with Crippen LogP contribution in [0, 0.1) is 0 Å². The Morgan fingerprint density at radius 2 is 2.00 bits per heavy atom. The summed E-state index contributed by atoms with van der Waals surface area (Å²) in [6.45, 7) is 2.65. The fraction of sp³-hybridized carbons (Fsp3) is 1.00. The molecule has 0 amide bonds. The van der Waals surface area contributed by atoms with Gasteiger partial charge < -0.3 is 3.83 Å². The van der Waals surface area contributed by atoms with E-state index in [9.17, 15) is 0 Å². The Morgan fingerprint density at radius 3 is 2.00 bits per heavy atom. The first kappa shape index (κ1) is 9.51. The zero-order valence-corrected chi connectivity index (χ0v) is 6.20. The van der Waals surface area contributed by atoms with Crippen LogP contribution in [-0.2, 0) is 3.83 Å². The van der Waals surface area contributed by atoms with Crippen molar-refractivity contribution in [3.8, 4) is 0 Å². The zero-order valence-electron chi connectivity index (χ0n) is 3.20. The molecule has 0 N–H and O–H groups in total. The van der Waals surface area contributed by atoms with Crippen molar-refractivity contribution in [3.05, 3.63) is 0 Å². The van der Waals surface area contributed by atoms with E-state index >= 15 is 0 Å². The summed E-state index contributed by atoms with van der Waals surface area (Å²) in [4.78, 5) is 0. The van der Waals surface area contributed by atoms with E-state index in [0.717, 1.165) is 6.61 Å². The molecule has 0 aliphatic rings. The summed E-state index contributed by atoms with van der Waals surface area (Å²) in [6.07, 6.45) is 0. The average molecular weight is 149 g/mol. The summed E-state index contributed by atoms with van der Waals surface area (Å²) in [5, 5.41) is 0. The van der Waals surface area contributed by atoms with Gasteiger partial charge in [-0.15, -0.1) is 0 Å². The van der Waals surface area contributed by atoms with Crippen LogP contribution in [0.15, 0.2) is 0 Å². The summed E-state index contributed by atoms with van der Waals surface area (Å²) >= 11 is 2.75. The third-order valence-electron chi connectivity index (χ3n) is 0.109. The molecule has 0 radical (unpaired) electrons. The maximum Gasteiger partial charge on any atom is 2.00 e. The second kappa shape index (κ2) is 8.96. The van der Waals surface area contributed by atoms with Gasteiger partial charge in [0.2, 0.25) is 0 Å². The molecule has 0 bridgehead atoms. The van der Waals surface area contributed by atoms with E-state index in [2.05, 4.69) is 20.1 Å². The van der Waals surface area contributed by atoms with Gasteiger partial charge >= 0.3 is 23.1 Å². The molecule has 0 aromatic carbocycles. The van der Waals surface area contributed by atoms with Crippen molar-refractivity contribution < 1.29 is 3.83 Å². The summed E-state index contributed by atoms with van der Waals surface area (Å²) in [7, 11) is 0. The molecule has 0 spiro atoms. The molecule has 0 heterocycles. The molecule has 0 saturated carbocycles. The molecule has 5 heavy (non-hydrogen) atoms. The van der Waals surface area contributed by atoms with Crippen LogP contribution < -0.4 is 0 Å². The van der Waals surface area contributed by atoms with E-state index in [1.807, 2.05) is 6.92 Å². The van der Waals surface area contributed by atoms with Crippen molar-refractivity contribution >= 4 is 39.3 Å². The SMILES string of the molecule is CCOBr.[Mg+2]. The van der Waals surface area contributed by atoms with E-state index in [1.54, 1.807) is 0 Å². The van der Waals surface area contributed by atoms with Crippen LogP contribution >= 0.6 is 16.3 Å². The van der Waals surface area contributed by atoms with E-state index in [-0.39, 0.29) is 23.1 Å². The second-order valence-corrected chi connectivity index (χ2v) is 0.856. The van der Waals surface area contributed by atoms with Gasteiger partial charge in [0.05, 0.1) is 22.9 Å². The molecule has 0 aromatic heterocycles. The Kier molecular flexibility index (Phi) is 17.0. The first-order valence-electron chi connectivity index (χ1n) is 1.15. The molecule has 0 aromatic rings. The molecule has 0 aliphatic carbocycles. The smallest absolute Gasteiger partial charge is 0.308 e. The minimum absolute atomic E-state index is 0. The molecule has 0 saturated heterocycles. The first-order chi connectivity index (χ1) is 1.91. The van der Waals surface area contributed by atoms with Gasteiger partial charge in [0, 0.05) is 0 Å². The first-order valence-corrected chi connectivity index (χ1v) is 1.80. The maximum absolute atomic E-state index is 4.35. The molecule has 0 atom stereocenters. The summed E-state index contributed by atoms with van der Waals surface area (Å²) in [5.74, 6) is 0. The third kappa shape index (κ3) is 11.0. The van der Waals surface area contributed by atoms with Gasteiger partial charge in [0.1, 0.15) is 0 Å². The second-order valence-electron chi connectivity index (χ2n) is 0.398. The van der Waals surface area contributed by atoms with Crippen molar-refractivity contribution in [2.75, 3.05) is 6.61 Å².